The van der Waals surface area contributed by atoms with Crippen LogP contribution in [0.4, 0.5) is 0 Å². The number of nitriles is 1. The van der Waals surface area contributed by atoms with E-state index in [1.807, 2.05) is 25.1 Å². The number of hydrogen-bond acceptors (Lipinski definition) is 7. The van der Waals surface area contributed by atoms with Crippen LogP contribution in [0.25, 0.3) is 5.69 Å². The van der Waals surface area contributed by atoms with Crippen molar-refractivity contribution in [2.45, 2.75) is 20.3 Å². The molecule has 0 radical (unpaired) electrons. The van der Waals surface area contributed by atoms with Gasteiger partial charge in [0.05, 0.1) is 24.8 Å². The molecule has 2 aromatic rings. The summed E-state index contributed by atoms with van der Waals surface area (Å²) in [5.74, 6) is -2.67. The second-order valence-corrected chi connectivity index (χ2v) is 4.80. The Kier molecular flexibility index (Phi) is 5.15. The number of benzene rings is 1. The molecular formula is C15H15N5O3. The number of hydrogen-bond donors (Lipinski definition) is 0. The van der Waals surface area contributed by atoms with E-state index in [1.54, 1.807) is 19.1 Å². The molecule has 0 N–H and O–H groups in total. The van der Waals surface area contributed by atoms with Crippen LogP contribution in [0.2, 0.25) is 0 Å². The Morgan fingerprint density at radius 1 is 1.43 bits per heavy atom. The molecule has 118 valence electrons. The van der Waals surface area contributed by atoms with E-state index in [4.69, 9.17) is 10.00 Å². The minimum Gasteiger partial charge on any atom is -0.465 e. The molecule has 8 nitrogen and oxygen atoms in total. The second kappa shape index (κ2) is 7.26. The van der Waals surface area contributed by atoms with Gasteiger partial charge in [0.25, 0.3) is 0 Å². The molecule has 23 heavy (non-hydrogen) atoms. The van der Waals surface area contributed by atoms with Gasteiger partial charge in [0.1, 0.15) is 0 Å². The molecule has 0 aliphatic carbocycles. The Hall–Kier alpha value is -3.08. The van der Waals surface area contributed by atoms with Crippen molar-refractivity contribution in [1.82, 2.24) is 20.2 Å². The van der Waals surface area contributed by atoms with Crippen LogP contribution < -0.4 is 0 Å². The summed E-state index contributed by atoms with van der Waals surface area (Å²) in [5.41, 5.74) is 1.71. The lowest BCUT2D eigenvalue weighted by Crippen LogP contribution is -2.27. The Bertz CT molecular complexity index is 762. The largest absolute Gasteiger partial charge is 0.465 e. The van der Waals surface area contributed by atoms with Gasteiger partial charge in [0.15, 0.2) is 11.6 Å². The van der Waals surface area contributed by atoms with E-state index < -0.39 is 17.7 Å². The van der Waals surface area contributed by atoms with Crippen LogP contribution in [0, 0.1) is 24.2 Å². The highest BCUT2D eigenvalue weighted by Crippen LogP contribution is 2.12. The van der Waals surface area contributed by atoms with Gasteiger partial charge in [-0.3, -0.25) is 9.59 Å². The Morgan fingerprint density at radius 3 is 2.87 bits per heavy atom. The first-order valence-electron chi connectivity index (χ1n) is 7.00. The van der Waals surface area contributed by atoms with Gasteiger partial charge in [-0.1, -0.05) is 12.1 Å². The second-order valence-electron chi connectivity index (χ2n) is 4.80. The minimum atomic E-state index is -1.47. The Morgan fingerprint density at radius 2 is 2.22 bits per heavy atom. The Balaban J connectivity index is 2.22. The minimum absolute atomic E-state index is 0.103. The summed E-state index contributed by atoms with van der Waals surface area (Å²) in [7, 11) is 0. The average Bonchev–Trinajstić information content (AvgIpc) is 2.96. The highest BCUT2D eigenvalue weighted by Gasteiger charge is 2.29. The van der Waals surface area contributed by atoms with Crippen molar-refractivity contribution in [2.24, 2.45) is 5.92 Å². The molecule has 8 heteroatoms. The van der Waals surface area contributed by atoms with E-state index in [9.17, 15) is 9.59 Å². The average molecular weight is 313 g/mol. The molecule has 0 aliphatic heterocycles. The van der Waals surface area contributed by atoms with E-state index in [0.717, 1.165) is 5.56 Å². The molecule has 1 aromatic carbocycles. The topological polar surface area (TPSA) is 111 Å². The third-order valence-corrected chi connectivity index (χ3v) is 3.09. The van der Waals surface area contributed by atoms with Gasteiger partial charge in [0.2, 0.25) is 5.92 Å². The van der Waals surface area contributed by atoms with Gasteiger partial charge < -0.3 is 4.74 Å². The maximum absolute atomic E-state index is 12.2. The third kappa shape index (κ3) is 3.77. The molecule has 2 rings (SSSR count). The molecule has 1 unspecified atom stereocenters. The fraction of sp³-hybridized carbons (Fsp3) is 0.333. The molecule has 0 fully saturated rings. The molecular weight excluding hydrogens is 298 g/mol. The zero-order valence-corrected chi connectivity index (χ0v) is 12.8. The lowest BCUT2D eigenvalue weighted by atomic mass is 10.0. The van der Waals surface area contributed by atoms with Crippen molar-refractivity contribution in [3.8, 4) is 11.8 Å². The SMILES string of the molecule is CCOC(=O)C(C#N)C(=O)Cc1nnnn1-c1cccc(C)c1. The molecule has 0 spiro atoms. The number of aryl methyl sites for hydroxylation is 1. The predicted octanol–water partition coefficient (Wildman–Crippen LogP) is 0.785. The molecule has 1 heterocycles. The van der Waals surface area contributed by atoms with Crippen LogP contribution in [0.5, 0.6) is 0 Å². The number of carbonyl (C=O) groups is 2. The van der Waals surface area contributed by atoms with Crippen molar-refractivity contribution in [3.05, 3.63) is 35.7 Å². The summed E-state index contributed by atoms with van der Waals surface area (Å²) >= 11 is 0. The number of rotatable bonds is 6. The highest BCUT2D eigenvalue weighted by molar-refractivity contribution is 6.02. The molecule has 1 atom stereocenters. The summed E-state index contributed by atoms with van der Waals surface area (Å²) in [5, 5.41) is 20.2. The number of nitrogens with zero attached hydrogens (tertiary/aromatic N) is 5. The zero-order chi connectivity index (χ0) is 16.8. The summed E-state index contributed by atoms with van der Waals surface area (Å²) in [6, 6.07) is 9.08. The van der Waals surface area contributed by atoms with Crippen molar-refractivity contribution in [1.29, 1.82) is 5.26 Å². The van der Waals surface area contributed by atoms with E-state index in [-0.39, 0.29) is 18.9 Å². The van der Waals surface area contributed by atoms with Gasteiger partial charge in [0, 0.05) is 0 Å². The Labute approximate surface area is 132 Å². The summed E-state index contributed by atoms with van der Waals surface area (Å²) < 4.78 is 6.13. The predicted molar refractivity (Wildman–Crippen MR) is 78.3 cm³/mol. The summed E-state index contributed by atoms with van der Waals surface area (Å²) in [4.78, 5) is 23.8. The maximum Gasteiger partial charge on any atom is 0.331 e. The number of aromatic nitrogens is 4. The van der Waals surface area contributed by atoms with Crippen LogP contribution in [-0.4, -0.2) is 38.6 Å². The van der Waals surface area contributed by atoms with Crippen LogP contribution in [-0.2, 0) is 20.7 Å². The molecule has 0 saturated heterocycles. The molecule has 0 saturated carbocycles. The fourth-order valence-electron chi connectivity index (χ4n) is 2.02. The van der Waals surface area contributed by atoms with Crippen LogP contribution >= 0.6 is 0 Å². The van der Waals surface area contributed by atoms with Crippen LogP contribution in [0.3, 0.4) is 0 Å². The van der Waals surface area contributed by atoms with Gasteiger partial charge in [-0.25, -0.2) is 0 Å². The lowest BCUT2D eigenvalue weighted by Gasteiger charge is -2.08. The smallest absolute Gasteiger partial charge is 0.331 e. The zero-order valence-electron chi connectivity index (χ0n) is 12.8. The lowest BCUT2D eigenvalue weighted by molar-refractivity contribution is -0.149. The van der Waals surface area contributed by atoms with Crippen molar-refractivity contribution in [2.75, 3.05) is 6.61 Å². The quantitative estimate of drug-likeness (QED) is 0.572. The van der Waals surface area contributed by atoms with E-state index in [0.29, 0.717) is 5.69 Å². The number of Topliss-reactive ketones (excluding diaryl/α,β-unsaturated/α-hetero) is 1. The molecule has 0 aliphatic rings. The number of ketones is 1. The van der Waals surface area contributed by atoms with Crippen LogP contribution in [0.1, 0.15) is 18.3 Å². The molecule has 0 bridgehead atoms. The number of tetrazole rings is 1. The maximum atomic E-state index is 12.2. The standard InChI is InChI=1S/C15H15N5O3/c1-3-23-15(22)12(9-16)13(21)8-14-17-18-19-20(14)11-6-4-5-10(2)7-11/h4-7,12H,3,8H2,1-2H3. The highest BCUT2D eigenvalue weighted by atomic mass is 16.5. The first kappa shape index (κ1) is 16.3. The first-order valence-corrected chi connectivity index (χ1v) is 7.00. The van der Waals surface area contributed by atoms with Crippen molar-refractivity contribution in [3.63, 3.8) is 0 Å². The van der Waals surface area contributed by atoms with Crippen LogP contribution in [0.15, 0.2) is 24.3 Å². The molecule has 0 amide bonds. The monoisotopic (exact) mass is 313 g/mol. The van der Waals surface area contributed by atoms with Gasteiger partial charge >= 0.3 is 5.97 Å². The summed E-state index contributed by atoms with van der Waals surface area (Å²) in [6.07, 6.45) is -0.238. The molecule has 1 aromatic heterocycles. The summed E-state index contributed by atoms with van der Waals surface area (Å²) in [6.45, 7) is 3.63. The van der Waals surface area contributed by atoms with Gasteiger partial charge in [-0.05, 0) is 42.0 Å². The number of ether oxygens (including phenoxy) is 1. The normalized spacial score (nSPS) is 11.5. The van der Waals surface area contributed by atoms with Gasteiger partial charge in [-0.15, -0.1) is 5.10 Å². The van der Waals surface area contributed by atoms with Crippen molar-refractivity contribution >= 4 is 11.8 Å². The van der Waals surface area contributed by atoms with E-state index in [2.05, 4.69) is 15.5 Å². The van der Waals surface area contributed by atoms with Crippen molar-refractivity contribution < 1.29 is 14.3 Å². The van der Waals surface area contributed by atoms with E-state index >= 15 is 0 Å². The number of esters is 1. The fourth-order valence-corrected chi connectivity index (χ4v) is 2.02. The number of carbonyl (C=O) groups excluding carboxylic acids is 2. The van der Waals surface area contributed by atoms with E-state index in [1.165, 1.54) is 4.68 Å². The first-order chi connectivity index (χ1) is 11.1. The van der Waals surface area contributed by atoms with Gasteiger partial charge in [-0.2, -0.15) is 9.94 Å². The third-order valence-electron chi connectivity index (χ3n) is 3.09.